The van der Waals surface area contributed by atoms with Crippen LogP contribution < -0.4 is 5.32 Å². The molecule has 1 aromatic heterocycles. The second-order valence-electron chi connectivity index (χ2n) is 3.52. The molecule has 94 valence electrons. The summed E-state index contributed by atoms with van der Waals surface area (Å²) in [5.74, 6) is -1.50. The fraction of sp³-hybridized carbons (Fsp3) is 0.455. The van der Waals surface area contributed by atoms with E-state index in [0.717, 1.165) is 11.3 Å². The van der Waals surface area contributed by atoms with E-state index in [1.807, 2.05) is 13.0 Å². The summed E-state index contributed by atoms with van der Waals surface area (Å²) < 4.78 is 0. The molecular formula is C11H15NO4S. The van der Waals surface area contributed by atoms with Crippen molar-refractivity contribution in [3.05, 3.63) is 21.9 Å². The summed E-state index contributed by atoms with van der Waals surface area (Å²) in [5.41, 5.74) is 0. The Morgan fingerprint density at radius 2 is 2.18 bits per heavy atom. The number of carbonyl (C=O) groups excluding carboxylic acids is 1. The Morgan fingerprint density at radius 1 is 1.47 bits per heavy atom. The number of hydrogen-bond acceptors (Lipinski definition) is 4. The number of carboxylic acid groups (broad SMARTS) is 1. The number of amides is 1. The summed E-state index contributed by atoms with van der Waals surface area (Å²) in [5, 5.41) is 20.0. The van der Waals surface area contributed by atoms with E-state index in [-0.39, 0.29) is 18.9 Å². The zero-order valence-corrected chi connectivity index (χ0v) is 10.3. The molecular weight excluding hydrogens is 242 g/mol. The number of carboxylic acids is 1. The normalized spacial score (nSPS) is 12.1. The molecule has 0 unspecified atom stereocenters. The van der Waals surface area contributed by atoms with Crippen molar-refractivity contribution in [2.24, 2.45) is 0 Å². The molecule has 0 fully saturated rings. The average Bonchev–Trinajstić information content (AvgIpc) is 2.77. The summed E-state index contributed by atoms with van der Waals surface area (Å²) >= 11 is 1.42. The minimum atomic E-state index is -1.43. The third-order valence-corrected chi connectivity index (χ3v) is 3.45. The van der Waals surface area contributed by atoms with Crippen LogP contribution in [0, 0.1) is 0 Å². The van der Waals surface area contributed by atoms with Crippen molar-refractivity contribution in [3.8, 4) is 0 Å². The lowest BCUT2D eigenvalue weighted by Crippen LogP contribution is -2.29. The average molecular weight is 257 g/mol. The molecule has 1 rings (SSSR count). The van der Waals surface area contributed by atoms with Crippen LogP contribution >= 0.6 is 11.3 Å². The van der Waals surface area contributed by atoms with Gasteiger partial charge in [-0.05, 0) is 18.6 Å². The lowest BCUT2D eigenvalue weighted by molar-refractivity contribution is -0.146. The number of aliphatic hydroxyl groups excluding tert-OH is 1. The Balaban J connectivity index is 2.37. The largest absolute Gasteiger partial charge is 0.479 e. The molecule has 1 aromatic rings. The monoisotopic (exact) mass is 257 g/mol. The van der Waals surface area contributed by atoms with Crippen molar-refractivity contribution < 1.29 is 19.8 Å². The van der Waals surface area contributed by atoms with Gasteiger partial charge in [0.25, 0.3) is 5.91 Å². The third-order valence-electron chi connectivity index (χ3n) is 2.22. The molecule has 3 N–H and O–H groups in total. The first-order valence-corrected chi connectivity index (χ1v) is 6.14. The molecule has 6 heteroatoms. The minimum absolute atomic E-state index is 0.00703. The van der Waals surface area contributed by atoms with Gasteiger partial charge in [-0.15, -0.1) is 11.3 Å². The first-order valence-electron chi connectivity index (χ1n) is 5.32. The molecule has 0 saturated heterocycles. The van der Waals surface area contributed by atoms with Crippen molar-refractivity contribution in [3.63, 3.8) is 0 Å². The molecule has 17 heavy (non-hydrogen) atoms. The highest BCUT2D eigenvalue weighted by Gasteiger charge is 2.14. The van der Waals surface area contributed by atoms with Crippen molar-refractivity contribution in [1.82, 2.24) is 5.32 Å². The van der Waals surface area contributed by atoms with Crippen LogP contribution in [0.3, 0.4) is 0 Å². The van der Waals surface area contributed by atoms with Crippen LogP contribution in [0.15, 0.2) is 12.1 Å². The third kappa shape index (κ3) is 4.16. The standard InChI is InChI=1S/C11H15NO4S/c1-2-7-3-4-9(17-7)10(14)12-6-5-8(13)11(15)16/h3-4,8,13H,2,5-6H2,1H3,(H,12,14)(H,15,16)/t8-/m0/s1. The van der Waals surface area contributed by atoms with Gasteiger partial charge < -0.3 is 15.5 Å². The predicted molar refractivity (Wildman–Crippen MR) is 64.3 cm³/mol. The van der Waals surface area contributed by atoms with Crippen molar-refractivity contribution >= 4 is 23.2 Å². The van der Waals surface area contributed by atoms with Gasteiger partial charge in [0.1, 0.15) is 0 Å². The maximum absolute atomic E-state index is 11.6. The second kappa shape index (κ2) is 6.36. The Bertz CT molecular complexity index is 402. The molecule has 1 heterocycles. The van der Waals surface area contributed by atoms with Crippen LogP contribution in [0.2, 0.25) is 0 Å². The molecule has 5 nitrogen and oxygen atoms in total. The van der Waals surface area contributed by atoms with Gasteiger partial charge >= 0.3 is 5.97 Å². The fourth-order valence-electron chi connectivity index (χ4n) is 1.22. The van der Waals surface area contributed by atoms with E-state index in [4.69, 9.17) is 10.2 Å². The smallest absolute Gasteiger partial charge is 0.332 e. The summed E-state index contributed by atoms with van der Waals surface area (Å²) in [7, 11) is 0. The predicted octanol–water partition coefficient (Wildman–Crippen LogP) is 0.876. The Kier molecular flexibility index (Phi) is 5.11. The molecule has 0 spiro atoms. The number of aliphatic carboxylic acids is 1. The van der Waals surface area contributed by atoms with E-state index >= 15 is 0 Å². The van der Waals surface area contributed by atoms with E-state index < -0.39 is 12.1 Å². The van der Waals surface area contributed by atoms with Gasteiger partial charge in [-0.25, -0.2) is 4.79 Å². The SMILES string of the molecule is CCc1ccc(C(=O)NCC[C@H](O)C(=O)O)s1. The quantitative estimate of drug-likeness (QED) is 0.706. The van der Waals surface area contributed by atoms with Crippen molar-refractivity contribution in [2.45, 2.75) is 25.9 Å². The van der Waals surface area contributed by atoms with Gasteiger partial charge in [0.05, 0.1) is 4.88 Å². The fourth-order valence-corrected chi connectivity index (χ4v) is 2.09. The minimum Gasteiger partial charge on any atom is -0.479 e. The van der Waals surface area contributed by atoms with Crippen LogP contribution in [0.4, 0.5) is 0 Å². The molecule has 0 aliphatic rings. The maximum Gasteiger partial charge on any atom is 0.332 e. The van der Waals surface area contributed by atoms with Crippen LogP contribution in [0.5, 0.6) is 0 Å². The van der Waals surface area contributed by atoms with Crippen LogP contribution in [0.1, 0.15) is 27.9 Å². The molecule has 0 aliphatic heterocycles. The summed E-state index contributed by atoms with van der Waals surface area (Å²) in [6, 6.07) is 3.64. The van der Waals surface area contributed by atoms with E-state index in [0.29, 0.717) is 4.88 Å². The number of rotatable bonds is 6. The van der Waals surface area contributed by atoms with E-state index in [9.17, 15) is 9.59 Å². The van der Waals surface area contributed by atoms with Gasteiger partial charge in [-0.3, -0.25) is 4.79 Å². The van der Waals surface area contributed by atoms with E-state index in [2.05, 4.69) is 5.32 Å². The zero-order chi connectivity index (χ0) is 12.8. The number of aryl methyl sites for hydroxylation is 1. The molecule has 0 aromatic carbocycles. The highest BCUT2D eigenvalue weighted by atomic mass is 32.1. The molecule has 0 bridgehead atoms. The van der Waals surface area contributed by atoms with Crippen LogP contribution in [-0.4, -0.2) is 34.7 Å². The molecule has 1 atom stereocenters. The molecule has 0 aliphatic carbocycles. The van der Waals surface area contributed by atoms with Gasteiger partial charge in [-0.1, -0.05) is 6.92 Å². The van der Waals surface area contributed by atoms with Gasteiger partial charge in [0.2, 0.25) is 0 Å². The lowest BCUT2D eigenvalue weighted by Gasteiger charge is -2.06. The maximum atomic E-state index is 11.6. The van der Waals surface area contributed by atoms with Gasteiger partial charge in [-0.2, -0.15) is 0 Å². The topological polar surface area (TPSA) is 86.6 Å². The van der Waals surface area contributed by atoms with Crippen molar-refractivity contribution in [2.75, 3.05) is 6.54 Å². The second-order valence-corrected chi connectivity index (χ2v) is 4.69. The Hall–Kier alpha value is -1.40. The summed E-state index contributed by atoms with van der Waals surface area (Å²) in [6.07, 6.45) is -0.534. The first kappa shape index (κ1) is 13.7. The van der Waals surface area contributed by atoms with E-state index in [1.165, 1.54) is 11.3 Å². The summed E-state index contributed by atoms with van der Waals surface area (Å²) in [6.45, 7) is 2.16. The highest BCUT2D eigenvalue weighted by Crippen LogP contribution is 2.16. The number of nitrogens with one attached hydrogen (secondary N) is 1. The Labute approximate surface area is 103 Å². The highest BCUT2D eigenvalue weighted by molar-refractivity contribution is 7.14. The Morgan fingerprint density at radius 3 is 2.71 bits per heavy atom. The number of aliphatic hydroxyl groups is 1. The summed E-state index contributed by atoms with van der Waals surface area (Å²) in [4.78, 5) is 23.7. The number of hydrogen-bond donors (Lipinski definition) is 3. The van der Waals surface area contributed by atoms with Crippen LogP contribution in [-0.2, 0) is 11.2 Å². The molecule has 1 amide bonds. The molecule has 0 radical (unpaired) electrons. The van der Waals surface area contributed by atoms with Crippen molar-refractivity contribution in [1.29, 1.82) is 0 Å². The van der Waals surface area contributed by atoms with Crippen LogP contribution in [0.25, 0.3) is 0 Å². The lowest BCUT2D eigenvalue weighted by atomic mass is 10.2. The first-order chi connectivity index (χ1) is 8.04. The van der Waals surface area contributed by atoms with E-state index in [1.54, 1.807) is 6.07 Å². The zero-order valence-electron chi connectivity index (χ0n) is 9.47. The number of carbonyl (C=O) groups is 2. The number of thiophene rings is 1. The van der Waals surface area contributed by atoms with Gasteiger partial charge in [0.15, 0.2) is 6.10 Å². The van der Waals surface area contributed by atoms with Gasteiger partial charge in [0, 0.05) is 17.8 Å². The molecule has 0 saturated carbocycles.